The first-order valence-corrected chi connectivity index (χ1v) is 12.7. The van der Waals surface area contributed by atoms with Crippen LogP contribution < -0.4 is 10.9 Å². The fraction of sp³-hybridized carbons (Fsp3) is 0.154. The standard InChI is InChI=1S/C26H19Cl2F3N2O3S/c27-11-1-2-22(35)32-16-5-7-17(8-6-16)37-24-23(19-13-15(28)4-10-21(19)34)18-12-14(26(29,30)31)3-9-20(18)33-25(24)36/h3-10,12-13,34H,1-2,11H2,(H,32,35)(H,33,36). The van der Waals surface area contributed by atoms with Crippen molar-refractivity contribution < 1.29 is 23.1 Å². The van der Waals surface area contributed by atoms with Gasteiger partial charge in [0.05, 0.1) is 10.5 Å². The number of aromatic hydroxyl groups is 1. The van der Waals surface area contributed by atoms with Crippen molar-refractivity contribution in [2.24, 2.45) is 0 Å². The van der Waals surface area contributed by atoms with Gasteiger partial charge < -0.3 is 15.4 Å². The third kappa shape index (κ3) is 6.23. The lowest BCUT2D eigenvalue weighted by Gasteiger charge is -2.16. The van der Waals surface area contributed by atoms with E-state index in [1.54, 1.807) is 24.3 Å². The van der Waals surface area contributed by atoms with Gasteiger partial charge in [0.15, 0.2) is 0 Å². The van der Waals surface area contributed by atoms with Crippen molar-refractivity contribution >= 4 is 57.5 Å². The SMILES string of the molecule is O=C(CCCCl)Nc1ccc(Sc2c(-c3cc(Cl)ccc3O)c3cc(C(F)(F)F)ccc3[nH]c2=O)cc1. The van der Waals surface area contributed by atoms with Crippen molar-refractivity contribution in [3.8, 4) is 16.9 Å². The Labute approximate surface area is 223 Å². The van der Waals surface area contributed by atoms with E-state index in [1.807, 2.05) is 0 Å². The first kappa shape index (κ1) is 26.9. The van der Waals surface area contributed by atoms with Crippen molar-refractivity contribution in [3.63, 3.8) is 0 Å². The minimum atomic E-state index is -4.62. The van der Waals surface area contributed by atoms with Gasteiger partial charge in [-0.05, 0) is 67.1 Å². The Balaban J connectivity index is 1.83. The number of hydrogen-bond acceptors (Lipinski definition) is 4. The first-order chi connectivity index (χ1) is 17.6. The zero-order valence-corrected chi connectivity index (χ0v) is 21.3. The van der Waals surface area contributed by atoms with E-state index >= 15 is 0 Å². The summed E-state index contributed by atoms with van der Waals surface area (Å²) in [4.78, 5) is 28.4. The number of alkyl halides is 4. The summed E-state index contributed by atoms with van der Waals surface area (Å²) >= 11 is 12.8. The predicted molar refractivity (Wildman–Crippen MR) is 141 cm³/mol. The molecule has 0 radical (unpaired) electrons. The van der Waals surface area contributed by atoms with Crippen LogP contribution in [0.4, 0.5) is 18.9 Å². The Bertz CT molecular complexity index is 1520. The van der Waals surface area contributed by atoms with Crippen LogP contribution in [0.2, 0.25) is 5.02 Å². The molecule has 3 aromatic carbocycles. The maximum atomic E-state index is 13.5. The molecule has 0 fully saturated rings. The van der Waals surface area contributed by atoms with Crippen molar-refractivity contribution in [1.29, 1.82) is 0 Å². The molecule has 1 amide bonds. The molecule has 0 aliphatic heterocycles. The number of phenolic OH excluding ortho intramolecular Hbond substituents is 1. The Morgan fingerprint density at radius 2 is 1.78 bits per heavy atom. The molecule has 192 valence electrons. The fourth-order valence-corrected chi connectivity index (χ4v) is 4.98. The van der Waals surface area contributed by atoms with E-state index < -0.39 is 17.3 Å². The molecule has 0 saturated carbocycles. The van der Waals surface area contributed by atoms with E-state index in [1.165, 1.54) is 24.3 Å². The summed E-state index contributed by atoms with van der Waals surface area (Å²) in [6, 6.07) is 13.8. The van der Waals surface area contributed by atoms with Crippen molar-refractivity contribution in [2.45, 2.75) is 28.8 Å². The second-order valence-corrected chi connectivity index (χ2v) is 9.94. The molecule has 1 aromatic heterocycles. The molecule has 37 heavy (non-hydrogen) atoms. The van der Waals surface area contributed by atoms with Crippen LogP contribution in [0, 0.1) is 0 Å². The van der Waals surface area contributed by atoms with Crippen LogP contribution in [0.5, 0.6) is 5.75 Å². The van der Waals surface area contributed by atoms with Gasteiger partial charge in [-0.2, -0.15) is 13.2 Å². The molecule has 0 saturated heterocycles. The Morgan fingerprint density at radius 3 is 2.46 bits per heavy atom. The van der Waals surface area contributed by atoms with E-state index in [2.05, 4.69) is 10.3 Å². The third-order valence-corrected chi connectivity index (χ3v) is 7.02. The van der Waals surface area contributed by atoms with Crippen LogP contribution in [0.1, 0.15) is 18.4 Å². The van der Waals surface area contributed by atoms with Gasteiger partial charge in [-0.15, -0.1) is 11.6 Å². The number of aromatic nitrogens is 1. The van der Waals surface area contributed by atoms with Crippen LogP contribution >= 0.6 is 35.0 Å². The molecule has 5 nitrogen and oxygen atoms in total. The van der Waals surface area contributed by atoms with Gasteiger partial charge in [0.1, 0.15) is 5.75 Å². The average molecular weight is 567 g/mol. The summed E-state index contributed by atoms with van der Waals surface area (Å²) in [6.07, 6.45) is -3.80. The highest BCUT2D eigenvalue weighted by Gasteiger charge is 2.31. The van der Waals surface area contributed by atoms with Gasteiger partial charge in [0, 0.05) is 49.9 Å². The number of pyridine rings is 1. The second kappa shape index (κ2) is 11.1. The number of rotatable bonds is 7. The van der Waals surface area contributed by atoms with Crippen molar-refractivity contribution in [1.82, 2.24) is 4.98 Å². The van der Waals surface area contributed by atoms with Crippen LogP contribution in [-0.4, -0.2) is 21.9 Å². The summed E-state index contributed by atoms with van der Waals surface area (Å²) in [7, 11) is 0. The van der Waals surface area contributed by atoms with E-state index in [0.717, 1.165) is 23.9 Å². The molecule has 0 bridgehead atoms. The highest BCUT2D eigenvalue weighted by molar-refractivity contribution is 7.99. The topological polar surface area (TPSA) is 82.2 Å². The quantitative estimate of drug-likeness (QED) is 0.200. The maximum absolute atomic E-state index is 13.5. The molecule has 0 aliphatic rings. The predicted octanol–water partition coefficient (Wildman–Crippen LogP) is 7.68. The van der Waals surface area contributed by atoms with Gasteiger partial charge in [-0.3, -0.25) is 9.59 Å². The summed E-state index contributed by atoms with van der Waals surface area (Å²) in [5.41, 5.74) is -0.502. The lowest BCUT2D eigenvalue weighted by atomic mass is 9.98. The lowest BCUT2D eigenvalue weighted by molar-refractivity contribution is -0.137. The lowest BCUT2D eigenvalue weighted by Crippen LogP contribution is -2.12. The van der Waals surface area contributed by atoms with Gasteiger partial charge in [0.25, 0.3) is 5.56 Å². The molecule has 0 aliphatic carbocycles. The van der Waals surface area contributed by atoms with Crippen molar-refractivity contribution in [2.75, 3.05) is 11.2 Å². The number of carbonyl (C=O) groups is 1. The summed E-state index contributed by atoms with van der Waals surface area (Å²) < 4.78 is 40.6. The summed E-state index contributed by atoms with van der Waals surface area (Å²) in [6.45, 7) is 0. The van der Waals surface area contributed by atoms with Gasteiger partial charge >= 0.3 is 6.18 Å². The summed E-state index contributed by atoms with van der Waals surface area (Å²) in [5.74, 6) is -0.0602. The van der Waals surface area contributed by atoms with E-state index in [-0.39, 0.29) is 50.0 Å². The van der Waals surface area contributed by atoms with E-state index in [4.69, 9.17) is 23.2 Å². The average Bonchev–Trinajstić information content (AvgIpc) is 2.85. The molecular formula is C26H19Cl2F3N2O3S. The number of H-pyrrole nitrogens is 1. The normalized spacial score (nSPS) is 11.6. The molecule has 3 N–H and O–H groups in total. The zero-order valence-electron chi connectivity index (χ0n) is 19.0. The van der Waals surface area contributed by atoms with E-state index in [0.29, 0.717) is 22.9 Å². The second-order valence-electron chi connectivity index (χ2n) is 8.04. The zero-order chi connectivity index (χ0) is 26.7. The minimum Gasteiger partial charge on any atom is -0.507 e. The maximum Gasteiger partial charge on any atom is 0.416 e. The van der Waals surface area contributed by atoms with Crippen LogP contribution in [0.15, 0.2) is 75.2 Å². The molecular weight excluding hydrogens is 548 g/mol. The number of benzene rings is 3. The van der Waals surface area contributed by atoms with Crippen LogP contribution in [0.3, 0.4) is 0 Å². The molecule has 0 atom stereocenters. The highest BCUT2D eigenvalue weighted by atomic mass is 35.5. The molecule has 0 spiro atoms. The number of hydrogen-bond donors (Lipinski definition) is 3. The van der Waals surface area contributed by atoms with E-state index in [9.17, 15) is 27.9 Å². The molecule has 4 aromatic rings. The Kier molecular flexibility index (Phi) is 8.06. The number of fused-ring (bicyclic) bond motifs is 1. The molecule has 4 rings (SSSR count). The highest BCUT2D eigenvalue weighted by Crippen LogP contribution is 2.43. The Hall–Kier alpha value is -3.14. The monoisotopic (exact) mass is 566 g/mol. The number of carbonyl (C=O) groups excluding carboxylic acids is 1. The Morgan fingerprint density at radius 1 is 1.05 bits per heavy atom. The fourth-order valence-electron chi connectivity index (χ4n) is 3.70. The first-order valence-electron chi connectivity index (χ1n) is 11.0. The van der Waals surface area contributed by atoms with Crippen molar-refractivity contribution in [3.05, 3.63) is 81.6 Å². The number of aromatic amines is 1. The smallest absolute Gasteiger partial charge is 0.416 e. The van der Waals surface area contributed by atoms with Gasteiger partial charge in [0.2, 0.25) is 5.91 Å². The largest absolute Gasteiger partial charge is 0.507 e. The number of halogens is 5. The molecule has 11 heteroatoms. The van der Waals surface area contributed by atoms with Crippen LogP contribution in [0.25, 0.3) is 22.0 Å². The third-order valence-electron chi connectivity index (χ3n) is 5.42. The number of amides is 1. The molecule has 1 heterocycles. The summed E-state index contributed by atoms with van der Waals surface area (Å²) in [5, 5.41) is 13.7. The molecule has 0 unspecified atom stereocenters. The van der Waals surface area contributed by atoms with Crippen LogP contribution in [-0.2, 0) is 11.0 Å². The minimum absolute atomic E-state index is 0.0725. The number of phenols is 1. The number of anilines is 1. The van der Waals surface area contributed by atoms with Gasteiger partial charge in [-0.25, -0.2) is 0 Å². The van der Waals surface area contributed by atoms with Gasteiger partial charge in [-0.1, -0.05) is 23.4 Å². The number of nitrogens with one attached hydrogen (secondary N) is 2.